The van der Waals surface area contributed by atoms with E-state index in [0.717, 1.165) is 43.1 Å². The van der Waals surface area contributed by atoms with Gasteiger partial charge in [0, 0.05) is 36.0 Å². The van der Waals surface area contributed by atoms with Gasteiger partial charge < -0.3 is 19.7 Å². The van der Waals surface area contributed by atoms with Crippen LogP contribution in [0.5, 0.6) is 0 Å². The maximum absolute atomic E-state index is 15.4. The zero-order chi connectivity index (χ0) is 19.9. The third kappa shape index (κ3) is 2.38. The van der Waals surface area contributed by atoms with Crippen molar-refractivity contribution in [2.24, 2.45) is 5.92 Å². The Morgan fingerprint density at radius 3 is 3.00 bits per heavy atom. The van der Waals surface area contributed by atoms with E-state index in [1.54, 1.807) is 11.8 Å². The van der Waals surface area contributed by atoms with Crippen LogP contribution >= 0.6 is 23.1 Å². The molecule has 3 aliphatic rings. The highest BCUT2D eigenvalue weighted by Crippen LogP contribution is 2.46. The van der Waals surface area contributed by atoms with Gasteiger partial charge in [0.15, 0.2) is 0 Å². The smallest absolute Gasteiger partial charge is 0.342 e. The molecule has 3 aliphatic heterocycles. The van der Waals surface area contributed by atoms with Gasteiger partial charge in [-0.25, -0.2) is 9.18 Å². The molecule has 2 N–H and O–H groups in total. The molecule has 29 heavy (non-hydrogen) atoms. The monoisotopic (exact) mass is 431 g/mol. The fourth-order valence-electron chi connectivity index (χ4n) is 5.10. The van der Waals surface area contributed by atoms with Gasteiger partial charge in [0.1, 0.15) is 16.2 Å². The highest BCUT2D eigenvalue weighted by molar-refractivity contribution is 7.99. The zero-order valence-corrected chi connectivity index (χ0v) is 17.0. The lowest BCUT2D eigenvalue weighted by atomic mass is 9.94. The number of fused-ring (bicyclic) bond motifs is 1. The molecule has 2 aromatic heterocycles. The summed E-state index contributed by atoms with van der Waals surface area (Å²) in [6.07, 6.45) is 2.29. The second kappa shape index (κ2) is 6.20. The number of aromatic nitrogens is 1. The van der Waals surface area contributed by atoms with Gasteiger partial charge in [0.25, 0.3) is 0 Å². The zero-order valence-electron chi connectivity index (χ0n) is 15.4. The third-order valence-corrected chi connectivity index (χ3v) is 8.50. The van der Waals surface area contributed by atoms with E-state index in [9.17, 15) is 14.7 Å². The topological polar surface area (TPSA) is 74.0 Å². The van der Waals surface area contributed by atoms with Gasteiger partial charge in [-0.3, -0.25) is 4.79 Å². The van der Waals surface area contributed by atoms with Crippen molar-refractivity contribution >= 4 is 50.5 Å². The van der Waals surface area contributed by atoms with E-state index in [1.807, 2.05) is 9.78 Å². The molecule has 0 aliphatic carbocycles. The number of thiazole rings is 1. The molecule has 150 valence electrons. The van der Waals surface area contributed by atoms with Crippen molar-refractivity contribution in [3.63, 3.8) is 0 Å². The van der Waals surface area contributed by atoms with Crippen LogP contribution < -0.4 is 15.6 Å². The number of carboxylic acid groups (broad SMARTS) is 1. The predicted octanol–water partition coefficient (Wildman–Crippen LogP) is 3.15. The molecule has 5 heterocycles. The van der Waals surface area contributed by atoms with Gasteiger partial charge >= 0.3 is 5.97 Å². The fraction of sp³-hybridized carbons (Fsp3) is 0.400. The van der Waals surface area contributed by atoms with E-state index in [0.29, 0.717) is 33.7 Å². The summed E-state index contributed by atoms with van der Waals surface area (Å²) in [6, 6.07) is 1.62. The molecular formula is C20H18FN3O3S2. The number of hydrogen-bond acceptors (Lipinski definition) is 6. The van der Waals surface area contributed by atoms with Crippen molar-refractivity contribution < 1.29 is 14.3 Å². The van der Waals surface area contributed by atoms with Crippen molar-refractivity contribution in [2.45, 2.75) is 29.5 Å². The number of benzene rings is 1. The van der Waals surface area contributed by atoms with Crippen LogP contribution in [0.15, 0.2) is 21.1 Å². The third-order valence-electron chi connectivity index (χ3n) is 6.38. The van der Waals surface area contributed by atoms with Crippen molar-refractivity contribution in [1.82, 2.24) is 9.72 Å². The summed E-state index contributed by atoms with van der Waals surface area (Å²) < 4.78 is 17.2. The van der Waals surface area contributed by atoms with Gasteiger partial charge in [-0.05, 0) is 31.4 Å². The molecule has 2 fully saturated rings. The number of pyridine rings is 1. The van der Waals surface area contributed by atoms with E-state index in [1.165, 1.54) is 17.4 Å². The van der Waals surface area contributed by atoms with E-state index >= 15 is 4.39 Å². The summed E-state index contributed by atoms with van der Waals surface area (Å²) in [6.45, 7) is 2.56. The van der Waals surface area contributed by atoms with E-state index < -0.39 is 17.2 Å². The lowest BCUT2D eigenvalue weighted by molar-refractivity contribution is 0.0697. The highest BCUT2D eigenvalue weighted by atomic mass is 32.2. The molecule has 0 saturated carbocycles. The van der Waals surface area contributed by atoms with Crippen LogP contribution in [0.4, 0.5) is 10.1 Å². The van der Waals surface area contributed by atoms with Crippen molar-refractivity contribution in [1.29, 1.82) is 0 Å². The first-order chi connectivity index (χ1) is 14.0. The molecule has 3 aromatic rings. The molecule has 9 heteroatoms. The normalized spacial score (nSPS) is 23.3. The Bertz CT molecular complexity index is 1250. The number of nitrogens with zero attached hydrogens (tertiary/aromatic N) is 2. The number of hydrogen-bond donors (Lipinski definition) is 2. The first kappa shape index (κ1) is 17.7. The molecule has 0 bridgehead atoms. The van der Waals surface area contributed by atoms with E-state index in [4.69, 9.17) is 0 Å². The number of nitrogens with one attached hydrogen (secondary N) is 1. The minimum atomic E-state index is -1.27. The summed E-state index contributed by atoms with van der Waals surface area (Å²) in [4.78, 5) is 28.1. The number of aromatic carboxylic acids is 1. The van der Waals surface area contributed by atoms with Crippen LogP contribution in [-0.4, -0.2) is 41.2 Å². The minimum Gasteiger partial charge on any atom is -0.477 e. The van der Waals surface area contributed by atoms with Crippen LogP contribution in [-0.2, 0) is 5.75 Å². The molecule has 0 unspecified atom stereocenters. The summed E-state index contributed by atoms with van der Waals surface area (Å²) in [5.74, 6) is -0.574. The summed E-state index contributed by atoms with van der Waals surface area (Å²) in [7, 11) is 0. The molecular weight excluding hydrogens is 413 g/mol. The number of halogens is 1. The average Bonchev–Trinajstić information content (AvgIpc) is 3.31. The Morgan fingerprint density at radius 1 is 1.34 bits per heavy atom. The lowest BCUT2D eigenvalue weighted by Gasteiger charge is -2.26. The molecule has 2 atom stereocenters. The summed E-state index contributed by atoms with van der Waals surface area (Å²) >= 11 is 2.81. The number of piperidine rings is 1. The number of thioether (sulfide) groups is 1. The lowest BCUT2D eigenvalue weighted by Crippen LogP contribution is -2.40. The number of carbonyl (C=O) groups is 1. The standard InChI is InChI=1S/C20H18FN3O3S2/c21-12-4-11-15-18(16(12)23-5-9-2-1-3-22-13(9)6-23)28-7-10-8-29-19(24(10)15)14(17(11)25)20(26)27/h4,8-9,13,22H,1-3,5-7H2,(H,26,27)/t9-,13+/m0/s1. The van der Waals surface area contributed by atoms with Crippen LogP contribution in [0.1, 0.15) is 28.9 Å². The van der Waals surface area contributed by atoms with E-state index in [-0.39, 0.29) is 10.9 Å². The number of anilines is 1. The Balaban J connectivity index is 1.65. The van der Waals surface area contributed by atoms with Gasteiger partial charge in [-0.15, -0.1) is 23.1 Å². The van der Waals surface area contributed by atoms with Crippen molar-refractivity contribution in [3.05, 3.63) is 38.7 Å². The predicted molar refractivity (Wildman–Crippen MR) is 112 cm³/mol. The van der Waals surface area contributed by atoms with Crippen LogP contribution in [0.3, 0.4) is 0 Å². The maximum atomic E-state index is 15.4. The molecule has 0 radical (unpaired) electrons. The SMILES string of the molecule is O=C(O)c1c(=O)c2cc(F)c(N3C[C@@H]4CCCN[C@@H]4C3)c3c2n2c(csc12)CS3. The van der Waals surface area contributed by atoms with Crippen LogP contribution in [0.2, 0.25) is 0 Å². The van der Waals surface area contributed by atoms with Crippen molar-refractivity contribution in [2.75, 3.05) is 24.5 Å². The largest absolute Gasteiger partial charge is 0.477 e. The molecule has 6 rings (SSSR count). The minimum absolute atomic E-state index is 0.151. The molecule has 6 nitrogen and oxygen atoms in total. The van der Waals surface area contributed by atoms with Gasteiger partial charge in [-0.1, -0.05) is 0 Å². The number of rotatable bonds is 2. The molecule has 1 aromatic carbocycles. The molecule has 0 spiro atoms. The fourth-order valence-corrected chi connectivity index (χ4v) is 7.46. The first-order valence-electron chi connectivity index (χ1n) is 9.70. The maximum Gasteiger partial charge on any atom is 0.342 e. The van der Waals surface area contributed by atoms with Gasteiger partial charge in [-0.2, -0.15) is 0 Å². The Labute approximate surface area is 173 Å². The second-order valence-electron chi connectivity index (χ2n) is 7.97. The molecule has 0 amide bonds. The first-order valence-corrected chi connectivity index (χ1v) is 11.6. The van der Waals surface area contributed by atoms with E-state index in [2.05, 4.69) is 10.2 Å². The van der Waals surface area contributed by atoms with Gasteiger partial charge in [0.2, 0.25) is 5.43 Å². The Hall–Kier alpha value is -2.10. The Kier molecular flexibility index (Phi) is 3.79. The number of carboxylic acids is 1. The summed E-state index contributed by atoms with van der Waals surface area (Å²) in [5, 5.41) is 15.2. The van der Waals surface area contributed by atoms with Crippen molar-refractivity contribution in [3.8, 4) is 0 Å². The van der Waals surface area contributed by atoms with Gasteiger partial charge in [0.05, 0.1) is 21.5 Å². The Morgan fingerprint density at radius 2 is 2.21 bits per heavy atom. The second-order valence-corrected chi connectivity index (χ2v) is 9.81. The summed E-state index contributed by atoms with van der Waals surface area (Å²) in [5.41, 5.74) is 1.29. The van der Waals surface area contributed by atoms with Crippen LogP contribution in [0.25, 0.3) is 15.7 Å². The quantitative estimate of drug-likeness (QED) is 0.650. The van der Waals surface area contributed by atoms with Crippen LogP contribution in [0, 0.1) is 11.7 Å². The molecule has 2 saturated heterocycles. The average molecular weight is 432 g/mol. The highest BCUT2D eigenvalue weighted by Gasteiger charge is 2.38.